The molecule has 0 aliphatic carbocycles. The summed E-state index contributed by atoms with van der Waals surface area (Å²) in [6.07, 6.45) is 0. The third-order valence-corrected chi connectivity index (χ3v) is 5.67. The predicted octanol–water partition coefficient (Wildman–Crippen LogP) is 3.91. The Labute approximate surface area is 161 Å². The largest absolute Gasteiger partial charge is 0.497 e. The Hall–Kier alpha value is -2.22. The zero-order valence-electron chi connectivity index (χ0n) is 14.9. The lowest BCUT2D eigenvalue weighted by atomic mass is 10.1. The second kappa shape index (κ2) is 8.44. The molecule has 0 aliphatic rings. The number of carbonyl (C=O) groups excluding carboxylic acids is 1. The highest BCUT2D eigenvalue weighted by atomic mass is 32.1. The molecule has 1 unspecified atom stereocenters. The van der Waals surface area contributed by atoms with Crippen LogP contribution in [-0.4, -0.2) is 43.5 Å². The van der Waals surface area contributed by atoms with Gasteiger partial charge in [-0.15, -0.1) is 11.3 Å². The Morgan fingerprint density at radius 1 is 1.23 bits per heavy atom. The second-order valence-electron chi connectivity index (χ2n) is 6.01. The maximum absolute atomic E-state index is 12.5. The van der Waals surface area contributed by atoms with Crippen LogP contribution in [0.4, 0.5) is 0 Å². The van der Waals surface area contributed by atoms with Crippen LogP contribution in [0.15, 0.2) is 46.5 Å². The van der Waals surface area contributed by atoms with Crippen molar-refractivity contribution in [1.82, 2.24) is 15.2 Å². The molecule has 0 saturated carbocycles. The fraction of sp³-hybridized carbons (Fsp3) is 0.263. The molecule has 3 rings (SSSR count). The number of ether oxygens (including phenoxy) is 1. The summed E-state index contributed by atoms with van der Waals surface area (Å²) in [5.74, 6) is 0.648. The van der Waals surface area contributed by atoms with E-state index in [-0.39, 0.29) is 11.9 Å². The smallest absolute Gasteiger partial charge is 0.270 e. The zero-order valence-corrected chi connectivity index (χ0v) is 16.6. The van der Waals surface area contributed by atoms with E-state index in [2.05, 4.69) is 32.0 Å². The topological polar surface area (TPSA) is 54.5 Å². The van der Waals surface area contributed by atoms with E-state index >= 15 is 0 Å². The highest BCUT2D eigenvalue weighted by Gasteiger charge is 2.18. The van der Waals surface area contributed by atoms with Crippen molar-refractivity contribution in [3.8, 4) is 16.3 Å². The molecule has 2 heterocycles. The first-order chi connectivity index (χ1) is 12.6. The number of nitrogens with one attached hydrogen (secondary N) is 1. The molecule has 26 heavy (non-hydrogen) atoms. The minimum absolute atomic E-state index is 0.143. The molecule has 7 heteroatoms. The van der Waals surface area contributed by atoms with Gasteiger partial charge in [-0.2, -0.15) is 11.3 Å². The Balaban J connectivity index is 1.66. The van der Waals surface area contributed by atoms with Crippen molar-refractivity contribution in [3.63, 3.8) is 0 Å². The predicted molar refractivity (Wildman–Crippen MR) is 107 cm³/mol. The summed E-state index contributed by atoms with van der Waals surface area (Å²) in [6, 6.07) is 9.89. The van der Waals surface area contributed by atoms with Crippen LogP contribution in [0.5, 0.6) is 5.75 Å². The SMILES string of the molecule is COc1ccc(-c2nc(C(=O)NCC(c3ccsc3)N(C)C)cs2)cc1. The summed E-state index contributed by atoms with van der Waals surface area (Å²) in [4.78, 5) is 19.1. The first-order valence-electron chi connectivity index (χ1n) is 8.15. The van der Waals surface area contributed by atoms with Gasteiger partial charge < -0.3 is 15.0 Å². The number of carbonyl (C=O) groups is 1. The van der Waals surface area contributed by atoms with Gasteiger partial charge in [0.2, 0.25) is 0 Å². The molecule has 1 aromatic carbocycles. The molecule has 1 atom stereocenters. The number of hydrogen-bond donors (Lipinski definition) is 1. The van der Waals surface area contributed by atoms with Gasteiger partial charge in [-0.05, 0) is 60.8 Å². The number of likely N-dealkylation sites (N-methyl/N-ethyl adjacent to an activating group) is 1. The van der Waals surface area contributed by atoms with Gasteiger partial charge in [0.1, 0.15) is 16.5 Å². The van der Waals surface area contributed by atoms with Gasteiger partial charge in [-0.1, -0.05) is 0 Å². The first kappa shape index (κ1) is 18.6. The van der Waals surface area contributed by atoms with Crippen molar-refractivity contribution < 1.29 is 9.53 Å². The lowest BCUT2D eigenvalue weighted by Gasteiger charge is -2.23. The molecule has 0 saturated heterocycles. The van der Waals surface area contributed by atoms with E-state index in [1.165, 1.54) is 16.9 Å². The summed E-state index contributed by atoms with van der Waals surface area (Å²) in [7, 11) is 5.66. The molecular formula is C19H21N3O2S2. The highest BCUT2D eigenvalue weighted by molar-refractivity contribution is 7.13. The van der Waals surface area contributed by atoms with Crippen molar-refractivity contribution in [2.24, 2.45) is 0 Å². The van der Waals surface area contributed by atoms with Crippen LogP contribution < -0.4 is 10.1 Å². The molecule has 1 amide bonds. The van der Waals surface area contributed by atoms with Gasteiger partial charge in [0.25, 0.3) is 5.91 Å². The molecule has 136 valence electrons. The molecule has 0 radical (unpaired) electrons. The summed E-state index contributed by atoms with van der Waals surface area (Å²) in [5, 5.41) is 9.78. The van der Waals surface area contributed by atoms with Crippen LogP contribution in [-0.2, 0) is 0 Å². The number of thiophene rings is 1. The number of methoxy groups -OCH3 is 1. The van der Waals surface area contributed by atoms with Crippen LogP contribution >= 0.6 is 22.7 Å². The fourth-order valence-electron chi connectivity index (χ4n) is 2.59. The van der Waals surface area contributed by atoms with Crippen LogP contribution in [0.25, 0.3) is 10.6 Å². The molecule has 2 aromatic heterocycles. The van der Waals surface area contributed by atoms with E-state index in [1.807, 2.05) is 38.4 Å². The van der Waals surface area contributed by atoms with Crippen LogP contribution in [0.3, 0.4) is 0 Å². The summed E-state index contributed by atoms with van der Waals surface area (Å²) >= 11 is 3.12. The first-order valence-corrected chi connectivity index (χ1v) is 9.97. The fourth-order valence-corrected chi connectivity index (χ4v) is 4.10. The number of rotatable bonds is 7. The van der Waals surface area contributed by atoms with Gasteiger partial charge in [0.05, 0.1) is 13.2 Å². The van der Waals surface area contributed by atoms with Crippen LogP contribution in [0.2, 0.25) is 0 Å². The third kappa shape index (κ3) is 4.30. The monoisotopic (exact) mass is 387 g/mol. The van der Waals surface area contributed by atoms with E-state index in [0.717, 1.165) is 16.3 Å². The average Bonchev–Trinajstić information content (AvgIpc) is 3.34. The van der Waals surface area contributed by atoms with E-state index in [4.69, 9.17) is 4.74 Å². The number of nitrogens with zero attached hydrogens (tertiary/aromatic N) is 2. The van der Waals surface area contributed by atoms with Crippen LogP contribution in [0.1, 0.15) is 22.1 Å². The van der Waals surface area contributed by atoms with Gasteiger partial charge in [-0.25, -0.2) is 4.98 Å². The van der Waals surface area contributed by atoms with E-state index in [9.17, 15) is 4.79 Å². The van der Waals surface area contributed by atoms with Gasteiger partial charge in [0, 0.05) is 17.5 Å². The standard InChI is InChI=1S/C19H21N3O2S2/c1-22(2)17(14-8-9-25-11-14)10-20-18(23)16-12-26-19(21-16)13-4-6-15(24-3)7-5-13/h4-9,11-12,17H,10H2,1-3H3,(H,20,23). The Morgan fingerprint density at radius 2 is 2.00 bits per heavy atom. The Morgan fingerprint density at radius 3 is 2.62 bits per heavy atom. The lowest BCUT2D eigenvalue weighted by molar-refractivity contribution is 0.0937. The van der Waals surface area contributed by atoms with E-state index in [1.54, 1.807) is 23.8 Å². The zero-order chi connectivity index (χ0) is 18.5. The third-order valence-electron chi connectivity index (χ3n) is 4.08. The molecule has 5 nitrogen and oxygen atoms in total. The minimum atomic E-state index is -0.150. The number of hydrogen-bond acceptors (Lipinski definition) is 6. The number of thiazole rings is 1. The lowest BCUT2D eigenvalue weighted by Crippen LogP contribution is -2.34. The van der Waals surface area contributed by atoms with Gasteiger partial charge in [0.15, 0.2) is 0 Å². The molecule has 0 spiro atoms. The maximum atomic E-state index is 12.5. The number of aromatic nitrogens is 1. The van der Waals surface area contributed by atoms with Crippen molar-refractivity contribution >= 4 is 28.6 Å². The van der Waals surface area contributed by atoms with Crippen molar-refractivity contribution in [3.05, 3.63) is 57.7 Å². The molecule has 0 bridgehead atoms. The highest BCUT2D eigenvalue weighted by Crippen LogP contribution is 2.26. The molecule has 0 fully saturated rings. The Bertz CT molecular complexity index is 842. The molecular weight excluding hydrogens is 366 g/mol. The maximum Gasteiger partial charge on any atom is 0.270 e. The summed E-state index contributed by atoms with van der Waals surface area (Å²) in [6.45, 7) is 0.540. The van der Waals surface area contributed by atoms with Gasteiger partial charge in [-0.3, -0.25) is 4.79 Å². The van der Waals surface area contributed by atoms with Crippen molar-refractivity contribution in [2.45, 2.75) is 6.04 Å². The minimum Gasteiger partial charge on any atom is -0.497 e. The molecule has 0 aliphatic heterocycles. The van der Waals surface area contributed by atoms with E-state index < -0.39 is 0 Å². The quantitative estimate of drug-likeness (QED) is 0.668. The normalized spacial score (nSPS) is 12.2. The second-order valence-corrected chi connectivity index (χ2v) is 7.65. The van der Waals surface area contributed by atoms with Crippen LogP contribution in [0, 0.1) is 0 Å². The summed E-state index contributed by atoms with van der Waals surface area (Å²) in [5.41, 5.74) is 2.63. The van der Waals surface area contributed by atoms with Crippen molar-refractivity contribution in [1.29, 1.82) is 0 Å². The summed E-state index contributed by atoms with van der Waals surface area (Å²) < 4.78 is 5.17. The van der Waals surface area contributed by atoms with E-state index in [0.29, 0.717) is 12.2 Å². The molecule has 3 aromatic rings. The molecule has 1 N–H and O–H groups in total. The number of benzene rings is 1. The number of amides is 1. The van der Waals surface area contributed by atoms with Crippen molar-refractivity contribution in [2.75, 3.05) is 27.7 Å². The van der Waals surface area contributed by atoms with Gasteiger partial charge >= 0.3 is 0 Å². The Kier molecular flexibility index (Phi) is 6.03. The average molecular weight is 388 g/mol.